The lowest BCUT2D eigenvalue weighted by atomic mass is 10.1. The quantitative estimate of drug-likeness (QED) is 0.739. The number of carbonyl (C=O) groups excluding carboxylic acids is 1. The SMILES string of the molecule is C[C@@H]1CN(c2ccc(C=O)cc2F)C[C@H](C)O1. The molecule has 1 heterocycles. The molecular weight excluding hydrogens is 221 g/mol. The van der Waals surface area contributed by atoms with Crippen LogP contribution in [0.3, 0.4) is 0 Å². The van der Waals surface area contributed by atoms with Crippen molar-refractivity contribution in [1.82, 2.24) is 0 Å². The number of aldehydes is 1. The Hall–Kier alpha value is -1.42. The van der Waals surface area contributed by atoms with Gasteiger partial charge >= 0.3 is 0 Å². The molecule has 0 aliphatic carbocycles. The lowest BCUT2D eigenvalue weighted by Crippen LogP contribution is -2.45. The Balaban J connectivity index is 2.24. The van der Waals surface area contributed by atoms with Crippen molar-refractivity contribution in [3.63, 3.8) is 0 Å². The molecule has 2 atom stereocenters. The number of hydrogen-bond acceptors (Lipinski definition) is 3. The smallest absolute Gasteiger partial charge is 0.150 e. The Bertz CT molecular complexity index is 412. The first-order chi connectivity index (χ1) is 8.10. The molecule has 0 amide bonds. The Morgan fingerprint density at radius 2 is 2.00 bits per heavy atom. The summed E-state index contributed by atoms with van der Waals surface area (Å²) >= 11 is 0. The molecule has 1 aromatic carbocycles. The van der Waals surface area contributed by atoms with Gasteiger partial charge in [0.25, 0.3) is 0 Å². The topological polar surface area (TPSA) is 29.5 Å². The number of nitrogens with zero attached hydrogens (tertiary/aromatic N) is 1. The fraction of sp³-hybridized carbons (Fsp3) is 0.462. The highest BCUT2D eigenvalue weighted by molar-refractivity contribution is 5.76. The first kappa shape index (κ1) is 12.0. The minimum atomic E-state index is -0.351. The number of halogens is 1. The number of hydrogen-bond donors (Lipinski definition) is 0. The summed E-state index contributed by atoms with van der Waals surface area (Å²) < 4.78 is 19.4. The zero-order valence-corrected chi connectivity index (χ0v) is 10.0. The van der Waals surface area contributed by atoms with E-state index in [0.29, 0.717) is 30.6 Å². The molecule has 1 aliphatic heterocycles. The summed E-state index contributed by atoms with van der Waals surface area (Å²) in [7, 11) is 0. The van der Waals surface area contributed by atoms with Crippen molar-refractivity contribution >= 4 is 12.0 Å². The van der Waals surface area contributed by atoms with E-state index in [9.17, 15) is 9.18 Å². The summed E-state index contributed by atoms with van der Waals surface area (Å²) in [5.41, 5.74) is 0.901. The standard InChI is InChI=1S/C13H16FNO2/c1-9-6-15(7-10(2)17-9)13-4-3-11(8-16)5-12(13)14/h3-5,8-10H,6-7H2,1-2H3/t9-,10+. The summed E-state index contributed by atoms with van der Waals surface area (Å²) in [4.78, 5) is 12.5. The highest BCUT2D eigenvalue weighted by Gasteiger charge is 2.24. The van der Waals surface area contributed by atoms with Gasteiger partial charge < -0.3 is 9.64 Å². The van der Waals surface area contributed by atoms with Gasteiger partial charge in [-0.2, -0.15) is 0 Å². The van der Waals surface area contributed by atoms with E-state index in [1.54, 1.807) is 12.1 Å². The van der Waals surface area contributed by atoms with Crippen LogP contribution in [-0.4, -0.2) is 31.6 Å². The average Bonchev–Trinajstić information content (AvgIpc) is 2.27. The molecule has 0 spiro atoms. The van der Waals surface area contributed by atoms with Gasteiger partial charge in [-0.25, -0.2) is 4.39 Å². The highest BCUT2D eigenvalue weighted by Crippen LogP contribution is 2.24. The predicted octanol–water partition coefficient (Wildman–Crippen LogP) is 2.25. The van der Waals surface area contributed by atoms with E-state index in [0.717, 1.165) is 0 Å². The van der Waals surface area contributed by atoms with Crippen LogP contribution in [0.2, 0.25) is 0 Å². The van der Waals surface area contributed by atoms with Gasteiger partial charge in [0.2, 0.25) is 0 Å². The van der Waals surface area contributed by atoms with Gasteiger partial charge in [-0.15, -0.1) is 0 Å². The summed E-state index contributed by atoms with van der Waals surface area (Å²) in [6.45, 7) is 5.28. The van der Waals surface area contributed by atoms with Crippen LogP contribution in [-0.2, 0) is 4.74 Å². The van der Waals surface area contributed by atoms with Crippen molar-refractivity contribution in [3.05, 3.63) is 29.6 Å². The third kappa shape index (κ3) is 2.64. The van der Waals surface area contributed by atoms with Crippen molar-refractivity contribution in [3.8, 4) is 0 Å². The fourth-order valence-electron chi connectivity index (χ4n) is 2.23. The number of benzene rings is 1. The monoisotopic (exact) mass is 237 g/mol. The predicted molar refractivity (Wildman–Crippen MR) is 64.0 cm³/mol. The fourth-order valence-corrected chi connectivity index (χ4v) is 2.23. The van der Waals surface area contributed by atoms with Crippen molar-refractivity contribution in [1.29, 1.82) is 0 Å². The van der Waals surface area contributed by atoms with Gasteiger partial charge in [-0.3, -0.25) is 4.79 Å². The van der Waals surface area contributed by atoms with E-state index < -0.39 is 0 Å². The van der Waals surface area contributed by atoms with Crippen LogP contribution in [0.1, 0.15) is 24.2 Å². The molecule has 2 rings (SSSR count). The summed E-state index contributed by atoms with van der Waals surface area (Å²) in [5, 5.41) is 0. The lowest BCUT2D eigenvalue weighted by Gasteiger charge is -2.37. The molecule has 0 unspecified atom stereocenters. The molecule has 0 radical (unpaired) electrons. The van der Waals surface area contributed by atoms with E-state index in [1.165, 1.54) is 6.07 Å². The maximum Gasteiger partial charge on any atom is 0.150 e. The number of carbonyl (C=O) groups is 1. The van der Waals surface area contributed by atoms with Gasteiger partial charge in [0, 0.05) is 18.7 Å². The molecule has 1 aromatic rings. The van der Waals surface area contributed by atoms with Gasteiger partial charge in [0.1, 0.15) is 12.1 Å². The van der Waals surface area contributed by atoms with Crippen molar-refractivity contribution in [2.75, 3.05) is 18.0 Å². The van der Waals surface area contributed by atoms with E-state index >= 15 is 0 Å². The van der Waals surface area contributed by atoms with Crippen LogP contribution < -0.4 is 4.90 Å². The second-order valence-corrected chi connectivity index (χ2v) is 4.49. The summed E-state index contributed by atoms with van der Waals surface area (Å²) in [5.74, 6) is -0.351. The maximum absolute atomic E-state index is 13.8. The number of ether oxygens (including phenoxy) is 1. The summed E-state index contributed by atoms with van der Waals surface area (Å²) in [6.07, 6.45) is 0.824. The second kappa shape index (κ2) is 4.84. The van der Waals surface area contributed by atoms with Crippen LogP contribution in [0.15, 0.2) is 18.2 Å². The lowest BCUT2D eigenvalue weighted by molar-refractivity contribution is -0.00539. The molecule has 92 valence electrons. The first-order valence-electron chi connectivity index (χ1n) is 5.75. The molecule has 3 nitrogen and oxygen atoms in total. The van der Waals surface area contributed by atoms with Gasteiger partial charge in [-0.1, -0.05) is 0 Å². The normalized spacial score (nSPS) is 24.8. The van der Waals surface area contributed by atoms with Gasteiger partial charge in [-0.05, 0) is 32.0 Å². The molecule has 0 saturated carbocycles. The Kier molecular flexibility index (Phi) is 3.43. The average molecular weight is 237 g/mol. The first-order valence-corrected chi connectivity index (χ1v) is 5.75. The zero-order chi connectivity index (χ0) is 12.4. The third-order valence-corrected chi connectivity index (χ3v) is 2.87. The minimum absolute atomic E-state index is 0.0869. The Morgan fingerprint density at radius 1 is 1.35 bits per heavy atom. The van der Waals surface area contributed by atoms with Gasteiger partial charge in [0.05, 0.1) is 17.9 Å². The van der Waals surface area contributed by atoms with Crippen molar-refractivity contribution in [2.24, 2.45) is 0 Å². The number of anilines is 1. The molecule has 1 aliphatic rings. The van der Waals surface area contributed by atoms with Crippen LogP contribution in [0.5, 0.6) is 0 Å². The molecule has 17 heavy (non-hydrogen) atoms. The molecule has 0 N–H and O–H groups in total. The van der Waals surface area contributed by atoms with Crippen molar-refractivity contribution in [2.45, 2.75) is 26.1 Å². The second-order valence-electron chi connectivity index (χ2n) is 4.49. The zero-order valence-electron chi connectivity index (χ0n) is 10.0. The van der Waals surface area contributed by atoms with E-state index in [-0.39, 0.29) is 18.0 Å². The molecule has 1 saturated heterocycles. The Labute approximate surface area is 100 Å². The summed E-state index contributed by atoms with van der Waals surface area (Å²) in [6, 6.07) is 4.56. The third-order valence-electron chi connectivity index (χ3n) is 2.87. The van der Waals surface area contributed by atoms with E-state index in [1.807, 2.05) is 18.7 Å². The maximum atomic E-state index is 13.8. The molecule has 0 bridgehead atoms. The minimum Gasteiger partial charge on any atom is -0.372 e. The largest absolute Gasteiger partial charge is 0.372 e. The van der Waals surface area contributed by atoms with Crippen LogP contribution in [0, 0.1) is 5.82 Å². The molecular formula is C13H16FNO2. The Morgan fingerprint density at radius 3 is 2.53 bits per heavy atom. The van der Waals surface area contributed by atoms with Gasteiger partial charge in [0.15, 0.2) is 0 Å². The highest BCUT2D eigenvalue weighted by atomic mass is 19.1. The van der Waals surface area contributed by atoms with Crippen LogP contribution in [0.4, 0.5) is 10.1 Å². The number of rotatable bonds is 2. The van der Waals surface area contributed by atoms with E-state index in [4.69, 9.17) is 4.74 Å². The van der Waals surface area contributed by atoms with Crippen LogP contribution in [0.25, 0.3) is 0 Å². The molecule has 1 fully saturated rings. The van der Waals surface area contributed by atoms with E-state index in [2.05, 4.69) is 0 Å². The molecule has 0 aromatic heterocycles. The molecule has 4 heteroatoms. The van der Waals surface area contributed by atoms with Crippen molar-refractivity contribution < 1.29 is 13.9 Å². The number of morpholine rings is 1. The van der Waals surface area contributed by atoms with Crippen LogP contribution >= 0.6 is 0 Å².